The summed E-state index contributed by atoms with van der Waals surface area (Å²) < 4.78 is 5.66. The molecule has 0 bridgehead atoms. The quantitative estimate of drug-likeness (QED) is 0.492. The predicted molar refractivity (Wildman–Crippen MR) is 57.4 cm³/mol. The molecule has 0 saturated carbocycles. The van der Waals surface area contributed by atoms with Gasteiger partial charge in [-0.25, -0.2) is 5.84 Å². The molecule has 14 heavy (non-hydrogen) atoms. The first-order valence-electron chi connectivity index (χ1n) is 3.64. The number of ether oxygens (including phenoxy) is 1. The third-order valence-electron chi connectivity index (χ3n) is 1.62. The Morgan fingerprint density at radius 3 is 2.79 bits per heavy atom. The van der Waals surface area contributed by atoms with Crippen LogP contribution in [0, 0.1) is 0 Å². The second-order valence-corrected chi connectivity index (χ2v) is 3.70. The third-order valence-corrected chi connectivity index (χ3v) is 2.82. The monoisotopic (exact) mass is 278 g/mol. The van der Waals surface area contributed by atoms with Crippen molar-refractivity contribution in [2.45, 2.75) is 0 Å². The van der Waals surface area contributed by atoms with Crippen molar-refractivity contribution in [1.82, 2.24) is 5.43 Å². The van der Waals surface area contributed by atoms with Crippen molar-refractivity contribution in [1.29, 1.82) is 0 Å². The lowest BCUT2D eigenvalue weighted by Crippen LogP contribution is -2.30. The van der Waals surface area contributed by atoms with Crippen molar-refractivity contribution in [2.75, 3.05) is 7.11 Å². The van der Waals surface area contributed by atoms with E-state index in [1.165, 1.54) is 13.2 Å². The Morgan fingerprint density at radius 1 is 1.64 bits per heavy atom. The number of hydrogen-bond acceptors (Lipinski definition) is 3. The van der Waals surface area contributed by atoms with Gasteiger partial charge in [-0.3, -0.25) is 10.2 Å². The molecule has 76 valence electrons. The number of nitrogens with two attached hydrogens (primary N) is 1. The molecule has 0 heterocycles. The molecule has 6 heteroatoms. The van der Waals surface area contributed by atoms with Crippen LogP contribution in [0.5, 0.6) is 5.75 Å². The number of rotatable bonds is 2. The molecule has 0 unspecified atom stereocenters. The molecule has 1 rings (SSSR count). The number of carbonyl (C=O) groups is 1. The van der Waals surface area contributed by atoms with Crippen LogP contribution < -0.4 is 16.0 Å². The van der Waals surface area contributed by atoms with Crippen LogP contribution in [-0.2, 0) is 0 Å². The SMILES string of the molecule is COc1cc(Br)c(Cl)cc1C(=O)NN. The number of amides is 1. The molecule has 0 aliphatic carbocycles. The minimum Gasteiger partial charge on any atom is -0.496 e. The Kier molecular flexibility index (Phi) is 3.74. The molecule has 0 spiro atoms. The highest BCUT2D eigenvalue weighted by Crippen LogP contribution is 2.30. The van der Waals surface area contributed by atoms with Gasteiger partial charge in [0.15, 0.2) is 0 Å². The highest BCUT2D eigenvalue weighted by molar-refractivity contribution is 9.10. The zero-order chi connectivity index (χ0) is 10.7. The molecule has 0 saturated heterocycles. The Morgan fingerprint density at radius 2 is 2.29 bits per heavy atom. The zero-order valence-electron chi connectivity index (χ0n) is 7.30. The first-order chi connectivity index (χ1) is 6.60. The largest absolute Gasteiger partial charge is 0.496 e. The van der Waals surface area contributed by atoms with Gasteiger partial charge in [0.2, 0.25) is 0 Å². The van der Waals surface area contributed by atoms with Gasteiger partial charge in [0.25, 0.3) is 5.91 Å². The summed E-state index contributed by atoms with van der Waals surface area (Å²) in [5, 5.41) is 0.421. The average molecular weight is 280 g/mol. The summed E-state index contributed by atoms with van der Waals surface area (Å²) in [6.07, 6.45) is 0. The van der Waals surface area contributed by atoms with Gasteiger partial charge in [-0.15, -0.1) is 0 Å². The highest BCUT2D eigenvalue weighted by atomic mass is 79.9. The van der Waals surface area contributed by atoms with Crippen LogP contribution in [0.3, 0.4) is 0 Å². The average Bonchev–Trinajstić information content (AvgIpc) is 2.20. The standard InChI is InChI=1S/C8H8BrClN2O2/c1-14-7-3-5(9)6(10)2-4(7)8(13)12-11/h2-3H,11H2,1H3,(H,12,13). The topological polar surface area (TPSA) is 64.3 Å². The number of hydrogen-bond donors (Lipinski definition) is 2. The number of benzene rings is 1. The normalized spacial score (nSPS) is 9.71. The minimum absolute atomic E-state index is 0.295. The lowest BCUT2D eigenvalue weighted by atomic mass is 10.2. The van der Waals surface area contributed by atoms with Crippen molar-refractivity contribution >= 4 is 33.4 Å². The third kappa shape index (κ3) is 2.17. The fourth-order valence-electron chi connectivity index (χ4n) is 0.953. The van der Waals surface area contributed by atoms with Gasteiger partial charge in [-0.05, 0) is 28.1 Å². The molecule has 0 aromatic heterocycles. The Balaban J connectivity index is 3.27. The summed E-state index contributed by atoms with van der Waals surface area (Å²) in [6, 6.07) is 3.08. The first-order valence-corrected chi connectivity index (χ1v) is 4.81. The summed E-state index contributed by atoms with van der Waals surface area (Å²) in [5.41, 5.74) is 2.30. The van der Waals surface area contributed by atoms with Crippen molar-refractivity contribution in [3.63, 3.8) is 0 Å². The van der Waals surface area contributed by atoms with Gasteiger partial charge in [-0.2, -0.15) is 0 Å². The summed E-state index contributed by atoms with van der Waals surface area (Å²) >= 11 is 9.04. The van der Waals surface area contributed by atoms with Gasteiger partial charge >= 0.3 is 0 Å². The molecule has 1 amide bonds. The van der Waals surface area contributed by atoms with Crippen molar-refractivity contribution in [3.8, 4) is 5.75 Å². The molecular weight excluding hydrogens is 271 g/mol. The fourth-order valence-corrected chi connectivity index (χ4v) is 1.44. The zero-order valence-corrected chi connectivity index (χ0v) is 9.65. The van der Waals surface area contributed by atoms with Gasteiger partial charge in [-0.1, -0.05) is 11.6 Å². The highest BCUT2D eigenvalue weighted by Gasteiger charge is 2.13. The number of hydrazine groups is 1. The Hall–Kier alpha value is -0.780. The number of nitrogens with one attached hydrogen (secondary N) is 1. The van der Waals surface area contributed by atoms with E-state index in [0.29, 0.717) is 20.8 Å². The molecule has 1 aromatic rings. The predicted octanol–water partition coefficient (Wildman–Crippen LogP) is 1.71. The van der Waals surface area contributed by atoms with E-state index in [1.807, 2.05) is 5.43 Å². The summed E-state index contributed by atoms with van der Waals surface area (Å²) in [6.45, 7) is 0. The molecule has 0 aliphatic rings. The van der Waals surface area contributed by atoms with Crippen molar-refractivity contribution in [3.05, 3.63) is 27.2 Å². The van der Waals surface area contributed by atoms with Gasteiger partial charge < -0.3 is 4.74 Å². The Labute approximate surface area is 94.5 Å². The Bertz CT molecular complexity index is 371. The van der Waals surface area contributed by atoms with Crippen LogP contribution in [0.25, 0.3) is 0 Å². The maximum Gasteiger partial charge on any atom is 0.268 e. The van der Waals surface area contributed by atoms with E-state index >= 15 is 0 Å². The van der Waals surface area contributed by atoms with Gasteiger partial charge in [0.05, 0.1) is 17.7 Å². The van der Waals surface area contributed by atoms with Gasteiger partial charge in [0, 0.05) is 4.47 Å². The smallest absolute Gasteiger partial charge is 0.268 e. The van der Waals surface area contributed by atoms with E-state index in [0.717, 1.165) is 0 Å². The second-order valence-electron chi connectivity index (χ2n) is 2.44. The van der Waals surface area contributed by atoms with Crippen molar-refractivity contribution in [2.24, 2.45) is 5.84 Å². The molecular formula is C8H8BrClN2O2. The lowest BCUT2D eigenvalue weighted by molar-refractivity contribution is 0.0950. The van der Waals surface area contributed by atoms with Crippen LogP contribution in [0.15, 0.2) is 16.6 Å². The molecule has 0 aliphatic heterocycles. The fraction of sp³-hybridized carbons (Fsp3) is 0.125. The van der Waals surface area contributed by atoms with Crippen LogP contribution in [-0.4, -0.2) is 13.0 Å². The van der Waals surface area contributed by atoms with E-state index in [4.69, 9.17) is 22.2 Å². The van der Waals surface area contributed by atoms with Gasteiger partial charge in [0.1, 0.15) is 5.75 Å². The van der Waals surface area contributed by atoms with Crippen LogP contribution in [0.1, 0.15) is 10.4 Å². The minimum atomic E-state index is -0.448. The van der Waals surface area contributed by atoms with Crippen molar-refractivity contribution < 1.29 is 9.53 Å². The first kappa shape index (κ1) is 11.3. The van der Waals surface area contributed by atoms with Crippen LogP contribution in [0.4, 0.5) is 0 Å². The maximum absolute atomic E-state index is 11.3. The summed E-state index contributed by atoms with van der Waals surface area (Å²) in [4.78, 5) is 11.3. The van der Waals surface area contributed by atoms with Crippen LogP contribution in [0.2, 0.25) is 5.02 Å². The summed E-state index contributed by atoms with van der Waals surface area (Å²) in [5.74, 6) is 4.96. The van der Waals surface area contributed by atoms with Crippen LogP contribution >= 0.6 is 27.5 Å². The number of carbonyl (C=O) groups excluding carboxylic acids is 1. The van der Waals surface area contributed by atoms with E-state index in [2.05, 4.69) is 15.9 Å². The molecule has 3 N–H and O–H groups in total. The molecule has 4 nitrogen and oxygen atoms in total. The maximum atomic E-state index is 11.3. The summed E-state index contributed by atoms with van der Waals surface area (Å²) in [7, 11) is 1.46. The number of methoxy groups -OCH3 is 1. The lowest BCUT2D eigenvalue weighted by Gasteiger charge is -2.08. The molecule has 0 fully saturated rings. The van der Waals surface area contributed by atoms with E-state index in [-0.39, 0.29) is 0 Å². The second kappa shape index (κ2) is 4.63. The molecule has 0 atom stereocenters. The number of nitrogen functional groups attached to an aromatic ring is 1. The van der Waals surface area contributed by atoms with E-state index < -0.39 is 5.91 Å². The van der Waals surface area contributed by atoms with E-state index in [9.17, 15) is 4.79 Å². The number of halogens is 2. The van der Waals surface area contributed by atoms with E-state index in [1.54, 1.807) is 6.07 Å². The molecule has 1 aromatic carbocycles. The molecule has 0 radical (unpaired) electrons.